The molecule has 0 N–H and O–H groups in total. The van der Waals surface area contributed by atoms with Gasteiger partial charge in [-0.15, -0.1) is 0 Å². The van der Waals surface area contributed by atoms with Crippen LogP contribution in [0, 0.1) is 0 Å². The van der Waals surface area contributed by atoms with Gasteiger partial charge in [-0.2, -0.15) is 0 Å². The lowest BCUT2D eigenvalue weighted by Gasteiger charge is -2.07. The highest BCUT2D eigenvalue weighted by Gasteiger charge is 2.29. The van der Waals surface area contributed by atoms with Gasteiger partial charge in [0.15, 0.2) is 0 Å². The standard InChI is InChI=1S/C44H36N2O6S2/c1-25(2)27-8-12-33(13-9-27)53-35-16-18-37-31(21-35)23-39(41(37)47)45-51-43(49)29-6-5-7-30(20-29)44(50)52-46-40-24-32-22-36(17-19-38(32)42(40)48)54-34-14-10-28(11-15-34)26(3)4/h5-22,25-26H,23-24H2,1-4H3/b45-39+,46-40+. The van der Waals surface area contributed by atoms with E-state index in [0.29, 0.717) is 23.0 Å². The molecule has 2 aliphatic carbocycles. The molecule has 0 fully saturated rings. The van der Waals surface area contributed by atoms with Gasteiger partial charge in [0, 0.05) is 43.6 Å². The Balaban J connectivity index is 0.950. The van der Waals surface area contributed by atoms with Crippen LogP contribution in [0.15, 0.2) is 139 Å². The second-order valence-corrected chi connectivity index (χ2v) is 16.0. The second kappa shape index (κ2) is 15.8. The van der Waals surface area contributed by atoms with Gasteiger partial charge in [0.05, 0.1) is 11.1 Å². The summed E-state index contributed by atoms with van der Waals surface area (Å²) in [4.78, 5) is 66.4. The van der Waals surface area contributed by atoms with Crippen molar-refractivity contribution in [1.82, 2.24) is 0 Å². The van der Waals surface area contributed by atoms with E-state index >= 15 is 0 Å². The van der Waals surface area contributed by atoms with Gasteiger partial charge in [0.2, 0.25) is 11.6 Å². The highest BCUT2D eigenvalue weighted by molar-refractivity contribution is 7.99. The van der Waals surface area contributed by atoms with Crippen molar-refractivity contribution in [1.29, 1.82) is 0 Å². The number of oxime groups is 2. The van der Waals surface area contributed by atoms with Gasteiger partial charge in [0.25, 0.3) is 0 Å². The number of Topliss-reactive ketones (excluding diaryl/α,β-unsaturated/α-hetero) is 2. The smallest absolute Gasteiger partial charge is 0.312 e. The highest BCUT2D eigenvalue weighted by atomic mass is 32.2. The molecule has 7 rings (SSSR count). The molecule has 0 radical (unpaired) electrons. The second-order valence-electron chi connectivity index (χ2n) is 13.7. The van der Waals surface area contributed by atoms with Crippen LogP contribution in [0.2, 0.25) is 0 Å². The minimum Gasteiger partial charge on any atom is -0.312 e. The van der Waals surface area contributed by atoms with Gasteiger partial charge in [0.1, 0.15) is 11.4 Å². The molecule has 0 heterocycles. The number of fused-ring (bicyclic) bond motifs is 2. The molecule has 0 aliphatic heterocycles. The van der Waals surface area contributed by atoms with E-state index in [-0.39, 0.29) is 47.0 Å². The summed E-state index contributed by atoms with van der Waals surface area (Å²) in [5.74, 6) is -1.40. The van der Waals surface area contributed by atoms with Crippen LogP contribution in [0.5, 0.6) is 0 Å². The lowest BCUT2D eigenvalue weighted by Crippen LogP contribution is -2.12. The number of hydrogen-bond acceptors (Lipinski definition) is 10. The van der Waals surface area contributed by atoms with Crippen molar-refractivity contribution < 1.29 is 28.9 Å². The Hall–Kier alpha value is -5.58. The molecule has 0 saturated carbocycles. The summed E-state index contributed by atoms with van der Waals surface area (Å²) in [7, 11) is 0. The molecule has 2 aliphatic rings. The quantitative estimate of drug-likeness (QED) is 0.102. The van der Waals surface area contributed by atoms with Crippen molar-refractivity contribution in [2.24, 2.45) is 10.3 Å². The number of ketones is 2. The first-order chi connectivity index (χ1) is 26.0. The Morgan fingerprint density at radius 3 is 1.31 bits per heavy atom. The summed E-state index contributed by atoms with van der Waals surface area (Å²) in [5.41, 5.74) is 5.47. The molecule has 0 saturated heterocycles. The van der Waals surface area contributed by atoms with Crippen molar-refractivity contribution in [3.63, 3.8) is 0 Å². The number of nitrogens with zero attached hydrogens (tertiary/aromatic N) is 2. The summed E-state index contributed by atoms with van der Waals surface area (Å²) in [6.07, 6.45) is 0.452. The summed E-state index contributed by atoms with van der Waals surface area (Å²) in [5, 5.41) is 7.80. The molecule has 0 spiro atoms. The lowest BCUT2D eigenvalue weighted by atomic mass is 10.0. The van der Waals surface area contributed by atoms with Crippen molar-refractivity contribution in [3.05, 3.63) is 154 Å². The average Bonchev–Trinajstić information content (AvgIpc) is 3.66. The first-order valence-corrected chi connectivity index (χ1v) is 19.2. The molecule has 270 valence electrons. The van der Waals surface area contributed by atoms with Crippen LogP contribution in [-0.4, -0.2) is 34.9 Å². The normalized spacial score (nSPS) is 14.9. The van der Waals surface area contributed by atoms with E-state index in [1.807, 2.05) is 24.3 Å². The predicted molar refractivity (Wildman–Crippen MR) is 210 cm³/mol. The van der Waals surface area contributed by atoms with E-state index in [0.717, 1.165) is 30.7 Å². The van der Waals surface area contributed by atoms with Crippen LogP contribution in [0.25, 0.3) is 0 Å². The Morgan fingerprint density at radius 1 is 0.537 bits per heavy atom. The van der Waals surface area contributed by atoms with Crippen LogP contribution >= 0.6 is 23.5 Å². The molecule has 5 aromatic rings. The maximum Gasteiger partial charge on any atom is 0.365 e. The average molecular weight is 753 g/mol. The monoisotopic (exact) mass is 752 g/mol. The summed E-state index contributed by atoms with van der Waals surface area (Å²) >= 11 is 3.21. The molecular weight excluding hydrogens is 717 g/mol. The molecular formula is C44H36N2O6S2. The van der Waals surface area contributed by atoms with Gasteiger partial charge in [-0.1, -0.05) is 91.9 Å². The van der Waals surface area contributed by atoms with Gasteiger partial charge < -0.3 is 9.68 Å². The zero-order chi connectivity index (χ0) is 37.9. The van der Waals surface area contributed by atoms with Gasteiger partial charge in [-0.3, -0.25) is 9.59 Å². The first kappa shape index (κ1) is 36.8. The third kappa shape index (κ3) is 8.15. The van der Waals surface area contributed by atoms with Crippen molar-refractivity contribution >= 4 is 58.5 Å². The Labute approximate surface area is 322 Å². The molecule has 5 aromatic carbocycles. The van der Waals surface area contributed by atoms with E-state index in [1.165, 1.54) is 35.4 Å². The molecule has 10 heteroatoms. The highest BCUT2D eigenvalue weighted by Crippen LogP contribution is 2.34. The molecule has 0 aromatic heterocycles. The summed E-state index contributed by atoms with van der Waals surface area (Å²) in [6.45, 7) is 8.63. The van der Waals surface area contributed by atoms with E-state index in [9.17, 15) is 19.2 Å². The fraction of sp³-hybridized carbons (Fsp3) is 0.182. The van der Waals surface area contributed by atoms with E-state index in [1.54, 1.807) is 35.7 Å². The maximum absolute atomic E-state index is 13.0. The molecule has 0 amide bonds. The zero-order valence-corrected chi connectivity index (χ0v) is 31.8. The van der Waals surface area contributed by atoms with E-state index in [2.05, 4.69) is 86.5 Å². The minimum absolute atomic E-state index is 0.0276. The van der Waals surface area contributed by atoms with Gasteiger partial charge >= 0.3 is 11.9 Å². The predicted octanol–water partition coefficient (Wildman–Crippen LogP) is 10.1. The largest absolute Gasteiger partial charge is 0.365 e. The van der Waals surface area contributed by atoms with Gasteiger partial charge in [-0.05, 0) is 113 Å². The lowest BCUT2D eigenvalue weighted by molar-refractivity contribution is 0.0514. The van der Waals surface area contributed by atoms with Crippen LogP contribution in [0.4, 0.5) is 0 Å². The Kier molecular flexibility index (Phi) is 10.8. The van der Waals surface area contributed by atoms with Crippen molar-refractivity contribution in [2.75, 3.05) is 0 Å². The Bertz CT molecular complexity index is 2200. The topological polar surface area (TPSA) is 111 Å². The maximum atomic E-state index is 13.0. The molecule has 54 heavy (non-hydrogen) atoms. The molecule has 0 bridgehead atoms. The van der Waals surface area contributed by atoms with Crippen molar-refractivity contribution in [3.8, 4) is 0 Å². The third-order valence-corrected chi connectivity index (χ3v) is 11.3. The van der Waals surface area contributed by atoms with Crippen molar-refractivity contribution in [2.45, 2.75) is 72.0 Å². The number of benzene rings is 5. The first-order valence-electron chi connectivity index (χ1n) is 17.6. The van der Waals surface area contributed by atoms with Crippen LogP contribution in [0.3, 0.4) is 0 Å². The zero-order valence-electron chi connectivity index (χ0n) is 30.1. The molecule has 0 unspecified atom stereocenters. The Morgan fingerprint density at radius 2 is 0.926 bits per heavy atom. The van der Waals surface area contributed by atoms with E-state index in [4.69, 9.17) is 9.68 Å². The number of rotatable bonds is 10. The molecule has 8 nitrogen and oxygen atoms in total. The molecule has 0 atom stereocenters. The summed E-state index contributed by atoms with van der Waals surface area (Å²) < 4.78 is 0. The van der Waals surface area contributed by atoms with Crippen LogP contribution < -0.4 is 0 Å². The van der Waals surface area contributed by atoms with E-state index < -0.39 is 11.9 Å². The van der Waals surface area contributed by atoms with Crippen LogP contribution in [0.1, 0.15) is 103 Å². The SMILES string of the molecule is CC(C)c1ccc(Sc2ccc3c(c2)C/C(=N\OC(=O)c2cccc(C(=O)O/N=C4\Cc5cc(Sc6ccc(C(C)C)cc6)ccc5C4=O)c2)C3=O)cc1. The third-order valence-electron chi connectivity index (χ3n) is 9.26. The number of hydrogen-bond donors (Lipinski definition) is 0. The number of carbonyl (C=O) groups is 4. The van der Waals surface area contributed by atoms with Crippen LogP contribution in [-0.2, 0) is 22.5 Å². The number of carbonyl (C=O) groups excluding carboxylic acids is 4. The fourth-order valence-electron chi connectivity index (χ4n) is 6.17. The fourth-order valence-corrected chi connectivity index (χ4v) is 7.93. The summed E-state index contributed by atoms with van der Waals surface area (Å²) in [6, 6.07) is 33.8. The minimum atomic E-state index is -0.848. The van der Waals surface area contributed by atoms with Gasteiger partial charge in [-0.25, -0.2) is 9.59 Å².